The van der Waals surface area contributed by atoms with Crippen LogP contribution in [-0.2, 0) is 11.2 Å². The van der Waals surface area contributed by atoms with Crippen LogP contribution >= 0.6 is 0 Å². The highest BCUT2D eigenvalue weighted by Crippen LogP contribution is 2.40. The maximum absolute atomic E-state index is 12.1. The highest BCUT2D eigenvalue weighted by Gasteiger charge is 2.27. The van der Waals surface area contributed by atoms with E-state index in [1.54, 1.807) is 21.3 Å². The van der Waals surface area contributed by atoms with Gasteiger partial charge < -0.3 is 19.1 Å². The largest absolute Gasteiger partial charge is 0.493 e. The van der Waals surface area contributed by atoms with Gasteiger partial charge in [-0.3, -0.25) is 4.79 Å². The average molecular weight is 293 g/mol. The Morgan fingerprint density at radius 3 is 2.48 bits per heavy atom. The fourth-order valence-corrected chi connectivity index (χ4v) is 2.84. The standard InChI is InChI=1S/C16H23NO4/c1-17-8-7-13(18)12(10-17)9-11-5-6-14(19-2)16(21-4)15(11)20-3/h5-6,12H,7-10H2,1-4H3/t12-/m0/s1. The summed E-state index contributed by atoms with van der Waals surface area (Å²) in [6.07, 6.45) is 1.28. The highest BCUT2D eigenvalue weighted by molar-refractivity contribution is 5.82. The number of rotatable bonds is 5. The van der Waals surface area contributed by atoms with Gasteiger partial charge in [0.15, 0.2) is 11.5 Å². The van der Waals surface area contributed by atoms with Crippen molar-refractivity contribution in [3.63, 3.8) is 0 Å². The van der Waals surface area contributed by atoms with E-state index in [4.69, 9.17) is 14.2 Å². The predicted octanol–water partition coefficient (Wildman–Crippen LogP) is 1.78. The minimum absolute atomic E-state index is 0.00995. The van der Waals surface area contributed by atoms with Gasteiger partial charge in [0.1, 0.15) is 5.78 Å². The van der Waals surface area contributed by atoms with Crippen molar-refractivity contribution < 1.29 is 19.0 Å². The van der Waals surface area contributed by atoms with Crippen molar-refractivity contribution in [3.05, 3.63) is 17.7 Å². The number of hydrogen-bond acceptors (Lipinski definition) is 5. The zero-order valence-corrected chi connectivity index (χ0v) is 13.1. The van der Waals surface area contributed by atoms with E-state index in [1.807, 2.05) is 19.2 Å². The van der Waals surface area contributed by atoms with Gasteiger partial charge in [0, 0.05) is 25.4 Å². The molecule has 1 saturated heterocycles. The molecule has 1 atom stereocenters. The Morgan fingerprint density at radius 1 is 1.14 bits per heavy atom. The molecule has 1 aromatic carbocycles. The summed E-state index contributed by atoms with van der Waals surface area (Å²) < 4.78 is 16.2. The third kappa shape index (κ3) is 3.29. The number of piperidine rings is 1. The topological polar surface area (TPSA) is 48.0 Å². The van der Waals surface area contributed by atoms with Crippen LogP contribution < -0.4 is 14.2 Å². The number of hydrogen-bond donors (Lipinski definition) is 0. The summed E-state index contributed by atoms with van der Waals surface area (Å²) in [5, 5.41) is 0. The molecule has 0 spiro atoms. The molecule has 1 heterocycles. The molecule has 5 heteroatoms. The van der Waals surface area contributed by atoms with Gasteiger partial charge in [-0.25, -0.2) is 0 Å². The summed E-state index contributed by atoms with van der Waals surface area (Å²) in [6, 6.07) is 3.80. The molecule has 0 bridgehead atoms. The average Bonchev–Trinajstić information content (AvgIpc) is 2.50. The Hall–Kier alpha value is -1.75. The van der Waals surface area contributed by atoms with Crippen molar-refractivity contribution in [2.75, 3.05) is 41.5 Å². The molecule has 2 rings (SSSR count). The number of ketones is 1. The van der Waals surface area contributed by atoms with Gasteiger partial charge in [-0.2, -0.15) is 0 Å². The van der Waals surface area contributed by atoms with E-state index >= 15 is 0 Å². The number of carbonyl (C=O) groups is 1. The highest BCUT2D eigenvalue weighted by atomic mass is 16.5. The Balaban J connectivity index is 2.29. The Labute approximate surface area is 125 Å². The zero-order valence-electron chi connectivity index (χ0n) is 13.1. The molecule has 0 N–H and O–H groups in total. The van der Waals surface area contributed by atoms with Gasteiger partial charge in [0.25, 0.3) is 0 Å². The Morgan fingerprint density at radius 2 is 1.86 bits per heavy atom. The van der Waals surface area contributed by atoms with Crippen molar-refractivity contribution in [2.24, 2.45) is 5.92 Å². The Kier molecular flexibility index (Phi) is 5.07. The summed E-state index contributed by atoms with van der Waals surface area (Å²) >= 11 is 0. The first-order valence-corrected chi connectivity index (χ1v) is 7.09. The lowest BCUT2D eigenvalue weighted by molar-refractivity contribution is -0.125. The Bertz CT molecular complexity index is 515. The van der Waals surface area contributed by atoms with Crippen molar-refractivity contribution in [2.45, 2.75) is 12.8 Å². The van der Waals surface area contributed by atoms with Crippen LogP contribution in [0.25, 0.3) is 0 Å². The first-order valence-electron chi connectivity index (χ1n) is 7.09. The number of carbonyl (C=O) groups excluding carboxylic acids is 1. The van der Waals surface area contributed by atoms with E-state index < -0.39 is 0 Å². The molecule has 21 heavy (non-hydrogen) atoms. The van der Waals surface area contributed by atoms with Gasteiger partial charge >= 0.3 is 0 Å². The molecule has 0 radical (unpaired) electrons. The molecule has 0 saturated carbocycles. The predicted molar refractivity (Wildman–Crippen MR) is 80.4 cm³/mol. The van der Waals surface area contributed by atoms with Crippen molar-refractivity contribution >= 4 is 5.78 Å². The summed E-state index contributed by atoms with van der Waals surface area (Å²) in [5.74, 6) is 2.19. The number of nitrogens with zero attached hydrogens (tertiary/aromatic N) is 1. The van der Waals surface area contributed by atoms with Gasteiger partial charge in [-0.15, -0.1) is 0 Å². The fourth-order valence-electron chi connectivity index (χ4n) is 2.84. The smallest absolute Gasteiger partial charge is 0.203 e. The number of likely N-dealkylation sites (tertiary alicyclic amines) is 1. The van der Waals surface area contributed by atoms with Gasteiger partial charge in [0.2, 0.25) is 5.75 Å². The molecular formula is C16H23NO4. The number of methoxy groups -OCH3 is 3. The maximum atomic E-state index is 12.1. The summed E-state index contributed by atoms with van der Waals surface area (Å²) in [5.41, 5.74) is 0.976. The first-order chi connectivity index (χ1) is 10.1. The van der Waals surface area contributed by atoms with Crippen LogP contribution in [0.15, 0.2) is 12.1 Å². The third-order valence-electron chi connectivity index (χ3n) is 3.98. The van der Waals surface area contributed by atoms with E-state index in [2.05, 4.69) is 4.90 Å². The minimum Gasteiger partial charge on any atom is -0.493 e. The molecule has 0 amide bonds. The van der Waals surface area contributed by atoms with Gasteiger partial charge in [0.05, 0.1) is 21.3 Å². The molecule has 1 aliphatic rings. The lowest BCUT2D eigenvalue weighted by Crippen LogP contribution is -2.39. The molecule has 1 aromatic rings. The van der Waals surface area contributed by atoms with E-state index in [0.29, 0.717) is 35.9 Å². The number of benzene rings is 1. The minimum atomic E-state index is 0.00995. The van der Waals surface area contributed by atoms with E-state index in [9.17, 15) is 4.79 Å². The fraction of sp³-hybridized carbons (Fsp3) is 0.562. The first kappa shape index (κ1) is 15.6. The van der Waals surface area contributed by atoms with Crippen LogP contribution in [0.1, 0.15) is 12.0 Å². The quantitative estimate of drug-likeness (QED) is 0.828. The maximum Gasteiger partial charge on any atom is 0.203 e. The molecule has 0 aromatic heterocycles. The van der Waals surface area contributed by atoms with Crippen LogP contribution in [0, 0.1) is 5.92 Å². The van der Waals surface area contributed by atoms with E-state index in [1.165, 1.54) is 0 Å². The molecule has 1 fully saturated rings. The summed E-state index contributed by atoms with van der Waals surface area (Å²) in [4.78, 5) is 14.3. The molecule has 116 valence electrons. The molecule has 5 nitrogen and oxygen atoms in total. The van der Waals surface area contributed by atoms with Crippen LogP contribution in [-0.4, -0.2) is 52.1 Å². The van der Waals surface area contributed by atoms with Crippen molar-refractivity contribution in [1.29, 1.82) is 0 Å². The number of ether oxygens (including phenoxy) is 3. The van der Waals surface area contributed by atoms with Crippen LogP contribution in [0.5, 0.6) is 17.2 Å². The van der Waals surface area contributed by atoms with Crippen molar-refractivity contribution in [3.8, 4) is 17.2 Å². The number of Topliss-reactive ketones (excluding diaryl/α,β-unsaturated/α-hetero) is 1. The molecule has 0 aliphatic carbocycles. The van der Waals surface area contributed by atoms with Crippen LogP contribution in [0.2, 0.25) is 0 Å². The lowest BCUT2D eigenvalue weighted by Gasteiger charge is -2.29. The second-order valence-electron chi connectivity index (χ2n) is 5.37. The third-order valence-corrected chi connectivity index (χ3v) is 3.98. The normalized spacial score (nSPS) is 19.4. The zero-order chi connectivity index (χ0) is 15.4. The monoisotopic (exact) mass is 293 g/mol. The molecule has 1 aliphatic heterocycles. The van der Waals surface area contributed by atoms with Gasteiger partial charge in [-0.1, -0.05) is 6.07 Å². The second kappa shape index (κ2) is 6.80. The van der Waals surface area contributed by atoms with Crippen LogP contribution in [0.3, 0.4) is 0 Å². The van der Waals surface area contributed by atoms with Crippen LogP contribution in [0.4, 0.5) is 0 Å². The SMILES string of the molecule is COc1ccc(C[C@H]2CN(C)CCC2=O)c(OC)c1OC. The summed E-state index contributed by atoms with van der Waals surface area (Å²) in [7, 11) is 6.83. The molecular weight excluding hydrogens is 270 g/mol. The molecule has 0 unspecified atom stereocenters. The van der Waals surface area contributed by atoms with Gasteiger partial charge in [-0.05, 0) is 25.1 Å². The lowest BCUT2D eigenvalue weighted by atomic mass is 9.90. The van der Waals surface area contributed by atoms with Crippen molar-refractivity contribution in [1.82, 2.24) is 4.90 Å². The summed E-state index contributed by atoms with van der Waals surface area (Å²) in [6.45, 7) is 1.63. The van der Waals surface area contributed by atoms with E-state index in [-0.39, 0.29) is 5.92 Å². The second-order valence-corrected chi connectivity index (χ2v) is 5.37. The van der Waals surface area contributed by atoms with E-state index in [0.717, 1.165) is 18.7 Å².